The number of carbonyl (C=O) groups excluding carboxylic acids is 1. The molecule has 0 bridgehead atoms. The smallest absolute Gasteiger partial charge is 0.338 e. The number of aryl methyl sites for hydroxylation is 1. The Kier molecular flexibility index (Phi) is 7.71. The summed E-state index contributed by atoms with van der Waals surface area (Å²) in [7, 11) is 0. The van der Waals surface area contributed by atoms with Crippen LogP contribution in [0.3, 0.4) is 0 Å². The Hall–Kier alpha value is -1.57. The lowest BCUT2D eigenvalue weighted by Gasteiger charge is -2.14. The zero-order chi connectivity index (χ0) is 14.8. The average molecular weight is 274 g/mol. The zero-order valence-electron chi connectivity index (χ0n) is 12.7. The molecule has 2 nitrogen and oxygen atoms in total. The van der Waals surface area contributed by atoms with Crippen LogP contribution in [-0.2, 0) is 4.74 Å². The SMILES string of the molecule is C=C[C@@H](CCCCCCC)OC(=O)c1ccc(C)cc1. The molecule has 0 aliphatic heterocycles. The third kappa shape index (κ3) is 6.05. The van der Waals surface area contributed by atoms with Crippen LogP contribution < -0.4 is 0 Å². The quantitative estimate of drug-likeness (QED) is 0.357. The number of carbonyl (C=O) groups is 1. The molecule has 110 valence electrons. The molecule has 0 spiro atoms. The molecule has 1 atom stereocenters. The van der Waals surface area contributed by atoms with Gasteiger partial charge in [-0.2, -0.15) is 0 Å². The van der Waals surface area contributed by atoms with Crippen molar-refractivity contribution in [2.75, 3.05) is 0 Å². The summed E-state index contributed by atoms with van der Waals surface area (Å²) in [6.07, 6.45) is 8.47. The van der Waals surface area contributed by atoms with Gasteiger partial charge in [0.05, 0.1) is 5.56 Å². The first-order valence-electron chi connectivity index (χ1n) is 7.57. The monoisotopic (exact) mass is 274 g/mol. The van der Waals surface area contributed by atoms with Gasteiger partial charge in [-0.1, -0.05) is 63.0 Å². The van der Waals surface area contributed by atoms with Gasteiger partial charge in [0, 0.05) is 0 Å². The first-order chi connectivity index (χ1) is 9.67. The number of unbranched alkanes of at least 4 members (excludes halogenated alkanes) is 4. The molecular weight excluding hydrogens is 248 g/mol. The van der Waals surface area contributed by atoms with Crippen LogP contribution >= 0.6 is 0 Å². The van der Waals surface area contributed by atoms with Gasteiger partial charge in [-0.15, -0.1) is 0 Å². The molecule has 0 saturated heterocycles. The number of ether oxygens (including phenoxy) is 1. The van der Waals surface area contributed by atoms with Crippen LogP contribution in [0.5, 0.6) is 0 Å². The summed E-state index contributed by atoms with van der Waals surface area (Å²) in [5.41, 5.74) is 1.74. The average Bonchev–Trinajstić information content (AvgIpc) is 2.46. The molecule has 0 aliphatic carbocycles. The highest BCUT2D eigenvalue weighted by Crippen LogP contribution is 2.13. The number of hydrogen-bond acceptors (Lipinski definition) is 2. The van der Waals surface area contributed by atoms with E-state index in [1.165, 1.54) is 25.7 Å². The lowest BCUT2D eigenvalue weighted by atomic mass is 10.1. The summed E-state index contributed by atoms with van der Waals surface area (Å²) in [4.78, 5) is 12.0. The predicted octanol–water partition coefficient (Wildman–Crippen LogP) is 5.07. The summed E-state index contributed by atoms with van der Waals surface area (Å²) < 4.78 is 5.48. The van der Waals surface area contributed by atoms with Crippen molar-refractivity contribution in [1.29, 1.82) is 0 Å². The molecule has 0 fully saturated rings. The van der Waals surface area contributed by atoms with Gasteiger partial charge >= 0.3 is 5.97 Å². The maximum absolute atomic E-state index is 12.0. The second-order valence-corrected chi connectivity index (χ2v) is 5.25. The fraction of sp³-hybridized carbons (Fsp3) is 0.500. The first-order valence-corrected chi connectivity index (χ1v) is 7.57. The molecule has 0 aliphatic rings. The van der Waals surface area contributed by atoms with E-state index < -0.39 is 0 Å². The second-order valence-electron chi connectivity index (χ2n) is 5.25. The molecule has 0 heterocycles. The van der Waals surface area contributed by atoms with Gasteiger partial charge in [0.2, 0.25) is 0 Å². The van der Waals surface area contributed by atoms with Crippen molar-refractivity contribution in [3.63, 3.8) is 0 Å². The number of rotatable bonds is 9. The van der Waals surface area contributed by atoms with E-state index >= 15 is 0 Å². The third-order valence-corrected chi connectivity index (χ3v) is 3.40. The van der Waals surface area contributed by atoms with Gasteiger partial charge in [0.15, 0.2) is 0 Å². The van der Waals surface area contributed by atoms with Crippen LogP contribution in [0.15, 0.2) is 36.9 Å². The van der Waals surface area contributed by atoms with E-state index in [0.29, 0.717) is 5.56 Å². The molecule has 0 aromatic heterocycles. The van der Waals surface area contributed by atoms with Gasteiger partial charge in [-0.05, 0) is 31.9 Å². The van der Waals surface area contributed by atoms with E-state index in [-0.39, 0.29) is 12.1 Å². The Morgan fingerprint density at radius 1 is 1.20 bits per heavy atom. The third-order valence-electron chi connectivity index (χ3n) is 3.40. The molecule has 0 amide bonds. The van der Waals surface area contributed by atoms with E-state index in [1.54, 1.807) is 18.2 Å². The van der Waals surface area contributed by atoms with Crippen LogP contribution in [0.25, 0.3) is 0 Å². The highest BCUT2D eigenvalue weighted by Gasteiger charge is 2.12. The van der Waals surface area contributed by atoms with Crippen molar-refractivity contribution < 1.29 is 9.53 Å². The van der Waals surface area contributed by atoms with Crippen LogP contribution in [0, 0.1) is 6.92 Å². The predicted molar refractivity (Wildman–Crippen MR) is 84.0 cm³/mol. The van der Waals surface area contributed by atoms with Gasteiger partial charge in [-0.3, -0.25) is 0 Å². The molecular formula is C18H26O2. The molecule has 1 aromatic rings. The van der Waals surface area contributed by atoms with Crippen LogP contribution in [0.2, 0.25) is 0 Å². The fourth-order valence-corrected chi connectivity index (χ4v) is 2.07. The Labute approximate surface area is 122 Å². The summed E-state index contributed by atoms with van der Waals surface area (Å²) in [5, 5.41) is 0. The van der Waals surface area contributed by atoms with Crippen molar-refractivity contribution >= 4 is 5.97 Å². The van der Waals surface area contributed by atoms with E-state index in [1.807, 2.05) is 19.1 Å². The van der Waals surface area contributed by atoms with Crippen LogP contribution in [0.4, 0.5) is 0 Å². The summed E-state index contributed by atoms with van der Waals surface area (Å²) in [6, 6.07) is 7.45. The highest BCUT2D eigenvalue weighted by atomic mass is 16.5. The van der Waals surface area contributed by atoms with Crippen molar-refractivity contribution in [2.24, 2.45) is 0 Å². The minimum absolute atomic E-state index is 0.176. The maximum Gasteiger partial charge on any atom is 0.338 e. The lowest BCUT2D eigenvalue weighted by Crippen LogP contribution is -2.16. The molecule has 20 heavy (non-hydrogen) atoms. The van der Waals surface area contributed by atoms with Gasteiger partial charge in [0.1, 0.15) is 6.10 Å². The normalized spacial score (nSPS) is 11.9. The van der Waals surface area contributed by atoms with E-state index in [9.17, 15) is 4.79 Å². The van der Waals surface area contributed by atoms with Crippen molar-refractivity contribution in [1.82, 2.24) is 0 Å². The van der Waals surface area contributed by atoms with Crippen molar-refractivity contribution in [3.05, 3.63) is 48.0 Å². The van der Waals surface area contributed by atoms with Gasteiger partial charge < -0.3 is 4.74 Å². The van der Waals surface area contributed by atoms with Crippen molar-refractivity contribution in [3.8, 4) is 0 Å². The Morgan fingerprint density at radius 3 is 2.45 bits per heavy atom. The minimum Gasteiger partial charge on any atom is -0.455 e. The lowest BCUT2D eigenvalue weighted by molar-refractivity contribution is 0.0376. The van der Waals surface area contributed by atoms with Crippen LogP contribution in [0.1, 0.15) is 61.4 Å². The fourth-order valence-electron chi connectivity index (χ4n) is 2.07. The number of esters is 1. The molecule has 0 unspecified atom stereocenters. The molecule has 0 radical (unpaired) electrons. The summed E-state index contributed by atoms with van der Waals surface area (Å²) in [6.45, 7) is 7.96. The molecule has 2 heteroatoms. The van der Waals surface area contributed by atoms with Crippen LogP contribution in [-0.4, -0.2) is 12.1 Å². The summed E-state index contributed by atoms with van der Waals surface area (Å²) >= 11 is 0. The Bertz CT molecular complexity index is 406. The zero-order valence-corrected chi connectivity index (χ0v) is 12.7. The Morgan fingerprint density at radius 2 is 1.85 bits per heavy atom. The van der Waals surface area contributed by atoms with Gasteiger partial charge in [-0.25, -0.2) is 4.79 Å². The molecule has 0 N–H and O–H groups in total. The first kappa shape index (κ1) is 16.5. The van der Waals surface area contributed by atoms with E-state index in [0.717, 1.165) is 18.4 Å². The van der Waals surface area contributed by atoms with E-state index in [4.69, 9.17) is 4.74 Å². The van der Waals surface area contributed by atoms with Gasteiger partial charge in [0.25, 0.3) is 0 Å². The molecule has 1 aromatic carbocycles. The number of benzene rings is 1. The maximum atomic E-state index is 12.0. The standard InChI is InChI=1S/C18H26O2/c1-4-6-7-8-9-10-17(5-2)20-18(19)16-13-11-15(3)12-14-16/h5,11-14,17H,2,4,6-10H2,1,3H3/t17-/m0/s1. The molecule has 0 saturated carbocycles. The molecule has 1 rings (SSSR count). The van der Waals surface area contributed by atoms with Crippen molar-refractivity contribution in [2.45, 2.75) is 58.5 Å². The van der Waals surface area contributed by atoms with E-state index in [2.05, 4.69) is 13.5 Å². The largest absolute Gasteiger partial charge is 0.455 e. The number of hydrogen-bond donors (Lipinski definition) is 0. The topological polar surface area (TPSA) is 26.3 Å². The summed E-state index contributed by atoms with van der Waals surface area (Å²) in [5.74, 6) is -0.261. The Balaban J connectivity index is 2.37. The minimum atomic E-state index is -0.261. The second kappa shape index (κ2) is 9.35. The highest BCUT2D eigenvalue weighted by molar-refractivity contribution is 5.89.